The molecule has 0 bridgehead atoms. The maximum Gasteiger partial charge on any atom is 0.312 e. The normalized spacial score (nSPS) is 12.9. The first-order valence-corrected chi connectivity index (χ1v) is 9.76. The van der Waals surface area contributed by atoms with Crippen LogP contribution in [0.15, 0.2) is 24.5 Å². The van der Waals surface area contributed by atoms with Crippen molar-refractivity contribution in [1.29, 1.82) is 0 Å². The largest absolute Gasteiger partial charge is 0.466 e. The number of carbonyl (C=O) groups excluding carboxylic acids is 1. The van der Waals surface area contributed by atoms with Crippen molar-refractivity contribution in [2.45, 2.75) is 54.1 Å². The van der Waals surface area contributed by atoms with Gasteiger partial charge in [0.05, 0.1) is 18.6 Å². The number of aromatic nitrogens is 4. The SMILES string of the molecule is CCOC(=O)C(C)(C)[C@H](c1cnc(C)c(CO)c1)c1ccn2c(C)nnc2c1C. The van der Waals surface area contributed by atoms with Crippen molar-refractivity contribution < 1.29 is 14.6 Å². The van der Waals surface area contributed by atoms with E-state index in [0.717, 1.165) is 39.4 Å². The molecule has 0 spiro atoms. The number of nitrogens with zero attached hydrogens (tertiary/aromatic N) is 4. The van der Waals surface area contributed by atoms with Crippen molar-refractivity contribution in [2.75, 3.05) is 6.61 Å². The Hall–Kier alpha value is -2.80. The molecule has 154 valence electrons. The lowest BCUT2D eigenvalue weighted by Gasteiger charge is -2.34. The topological polar surface area (TPSA) is 89.6 Å². The maximum absolute atomic E-state index is 12.9. The van der Waals surface area contributed by atoms with Crippen LogP contribution in [-0.2, 0) is 16.1 Å². The number of esters is 1. The summed E-state index contributed by atoms with van der Waals surface area (Å²) in [5.41, 5.74) is 4.15. The number of aryl methyl sites for hydroxylation is 3. The molecule has 3 rings (SSSR count). The summed E-state index contributed by atoms with van der Waals surface area (Å²) < 4.78 is 7.33. The van der Waals surface area contributed by atoms with E-state index < -0.39 is 5.41 Å². The number of carbonyl (C=O) groups is 1. The van der Waals surface area contributed by atoms with E-state index in [0.29, 0.717) is 6.61 Å². The van der Waals surface area contributed by atoms with E-state index in [1.54, 1.807) is 13.1 Å². The molecule has 0 saturated carbocycles. The van der Waals surface area contributed by atoms with Crippen molar-refractivity contribution in [3.63, 3.8) is 0 Å². The lowest BCUT2D eigenvalue weighted by molar-refractivity contribution is -0.154. The third-order valence-corrected chi connectivity index (χ3v) is 5.59. The Bertz CT molecular complexity index is 1060. The zero-order valence-electron chi connectivity index (χ0n) is 17.9. The second kappa shape index (κ2) is 7.91. The number of fused-ring (bicyclic) bond motifs is 1. The van der Waals surface area contributed by atoms with Gasteiger partial charge in [0.2, 0.25) is 0 Å². The van der Waals surface area contributed by atoms with Crippen molar-refractivity contribution in [3.05, 3.63) is 58.3 Å². The van der Waals surface area contributed by atoms with Gasteiger partial charge in [0.25, 0.3) is 0 Å². The molecule has 0 aromatic carbocycles. The minimum absolute atomic E-state index is 0.110. The summed E-state index contributed by atoms with van der Waals surface area (Å²) in [7, 11) is 0. The quantitative estimate of drug-likeness (QED) is 0.643. The fourth-order valence-corrected chi connectivity index (χ4v) is 3.86. The molecule has 0 aliphatic rings. The minimum Gasteiger partial charge on any atom is -0.466 e. The zero-order chi connectivity index (χ0) is 21.3. The number of aliphatic hydroxyl groups is 1. The third-order valence-electron chi connectivity index (χ3n) is 5.59. The first kappa shape index (κ1) is 20.9. The molecule has 7 heteroatoms. The van der Waals surface area contributed by atoms with E-state index in [1.165, 1.54) is 0 Å². The standard InChI is InChI=1S/C22H28N4O3/c1-7-29-21(28)22(5,6)19(16-10-17(12-27)14(3)23-11-16)18-8-9-26-15(4)24-25-20(26)13(18)2/h8-11,19,27H,7,12H2,1-6H3/t19-/m1/s1. The Morgan fingerprint density at radius 3 is 2.66 bits per heavy atom. The minimum atomic E-state index is -0.863. The molecule has 0 fully saturated rings. The average Bonchev–Trinajstić information content (AvgIpc) is 3.06. The zero-order valence-corrected chi connectivity index (χ0v) is 17.9. The monoisotopic (exact) mass is 396 g/mol. The van der Waals surface area contributed by atoms with Crippen LogP contribution in [0.25, 0.3) is 5.65 Å². The predicted octanol–water partition coefficient (Wildman–Crippen LogP) is 3.26. The van der Waals surface area contributed by atoms with Gasteiger partial charge in [-0.15, -0.1) is 10.2 Å². The second-order valence-corrected chi connectivity index (χ2v) is 7.88. The van der Waals surface area contributed by atoms with Gasteiger partial charge in [-0.1, -0.05) is 0 Å². The van der Waals surface area contributed by atoms with Crippen molar-refractivity contribution in [2.24, 2.45) is 5.41 Å². The first-order valence-electron chi connectivity index (χ1n) is 9.76. The highest BCUT2D eigenvalue weighted by Crippen LogP contribution is 2.43. The maximum atomic E-state index is 12.9. The summed E-state index contributed by atoms with van der Waals surface area (Å²) in [6.07, 6.45) is 3.70. The molecule has 0 saturated heterocycles. The number of rotatable bonds is 6. The highest BCUT2D eigenvalue weighted by Gasteiger charge is 2.41. The lowest BCUT2D eigenvalue weighted by atomic mass is 9.70. The number of ether oxygens (including phenoxy) is 1. The van der Waals surface area contributed by atoms with E-state index >= 15 is 0 Å². The Labute approximate surface area is 170 Å². The number of hydrogen-bond donors (Lipinski definition) is 1. The summed E-state index contributed by atoms with van der Waals surface area (Å²) >= 11 is 0. The molecular formula is C22H28N4O3. The highest BCUT2D eigenvalue weighted by molar-refractivity contribution is 5.78. The molecule has 1 atom stereocenters. The Morgan fingerprint density at radius 2 is 2.00 bits per heavy atom. The van der Waals surface area contributed by atoms with E-state index in [9.17, 15) is 9.90 Å². The summed E-state index contributed by atoms with van der Waals surface area (Å²) in [6.45, 7) is 11.5. The van der Waals surface area contributed by atoms with Crippen molar-refractivity contribution in [3.8, 4) is 0 Å². The van der Waals surface area contributed by atoms with Crippen LogP contribution in [0.1, 0.15) is 60.5 Å². The van der Waals surface area contributed by atoms with Gasteiger partial charge < -0.3 is 9.84 Å². The fourth-order valence-electron chi connectivity index (χ4n) is 3.86. The Balaban J connectivity index is 2.26. The van der Waals surface area contributed by atoms with Crippen molar-refractivity contribution >= 4 is 11.6 Å². The molecule has 0 aliphatic heterocycles. The van der Waals surface area contributed by atoms with Gasteiger partial charge >= 0.3 is 5.97 Å². The van der Waals surface area contributed by atoms with Gasteiger partial charge in [-0.25, -0.2) is 0 Å². The van der Waals surface area contributed by atoms with Gasteiger partial charge in [0, 0.05) is 24.0 Å². The van der Waals surface area contributed by atoms with E-state index in [4.69, 9.17) is 4.74 Å². The Morgan fingerprint density at radius 1 is 1.28 bits per heavy atom. The number of aliphatic hydroxyl groups excluding tert-OH is 1. The first-order chi connectivity index (χ1) is 13.7. The van der Waals surface area contributed by atoms with E-state index in [-0.39, 0.29) is 18.5 Å². The van der Waals surface area contributed by atoms with Gasteiger partial charge in [-0.2, -0.15) is 0 Å². The van der Waals surface area contributed by atoms with Gasteiger partial charge in [0.1, 0.15) is 5.82 Å². The lowest BCUT2D eigenvalue weighted by Crippen LogP contribution is -2.34. The van der Waals surface area contributed by atoms with Crippen LogP contribution in [0.5, 0.6) is 0 Å². The molecule has 3 aromatic rings. The predicted molar refractivity (Wildman–Crippen MR) is 110 cm³/mol. The summed E-state index contributed by atoms with van der Waals surface area (Å²) in [4.78, 5) is 17.4. The molecule has 0 amide bonds. The molecule has 3 heterocycles. The highest BCUT2D eigenvalue weighted by atomic mass is 16.5. The van der Waals surface area contributed by atoms with Crippen LogP contribution < -0.4 is 0 Å². The fraction of sp³-hybridized carbons (Fsp3) is 0.455. The summed E-state index contributed by atoms with van der Waals surface area (Å²) in [6, 6.07) is 3.93. The second-order valence-electron chi connectivity index (χ2n) is 7.88. The number of hydrogen-bond acceptors (Lipinski definition) is 6. The van der Waals surface area contributed by atoms with Crippen LogP contribution >= 0.6 is 0 Å². The molecule has 3 aromatic heterocycles. The van der Waals surface area contributed by atoms with Crippen molar-refractivity contribution in [1.82, 2.24) is 19.6 Å². The Kier molecular flexibility index (Phi) is 5.71. The average molecular weight is 396 g/mol. The van der Waals surface area contributed by atoms with Crippen LogP contribution in [0, 0.1) is 26.2 Å². The molecule has 29 heavy (non-hydrogen) atoms. The van der Waals surface area contributed by atoms with Crippen LogP contribution in [0.4, 0.5) is 0 Å². The molecule has 0 unspecified atom stereocenters. The molecule has 0 radical (unpaired) electrons. The molecular weight excluding hydrogens is 368 g/mol. The summed E-state index contributed by atoms with van der Waals surface area (Å²) in [5.74, 6) is 0.186. The molecule has 7 nitrogen and oxygen atoms in total. The van der Waals surface area contributed by atoms with Crippen LogP contribution in [-0.4, -0.2) is 37.3 Å². The van der Waals surface area contributed by atoms with Gasteiger partial charge in [-0.3, -0.25) is 14.2 Å². The van der Waals surface area contributed by atoms with E-state index in [2.05, 4.69) is 15.2 Å². The third kappa shape index (κ3) is 3.62. The molecule has 1 N–H and O–H groups in total. The van der Waals surface area contributed by atoms with E-state index in [1.807, 2.05) is 57.3 Å². The smallest absolute Gasteiger partial charge is 0.312 e. The summed E-state index contributed by atoms with van der Waals surface area (Å²) in [5, 5.41) is 18.2. The van der Waals surface area contributed by atoms with Gasteiger partial charge in [-0.05, 0) is 75.9 Å². The molecule has 0 aliphatic carbocycles. The van der Waals surface area contributed by atoms with Gasteiger partial charge in [0.15, 0.2) is 5.65 Å². The number of pyridine rings is 2. The van der Waals surface area contributed by atoms with Crippen LogP contribution in [0.3, 0.4) is 0 Å². The van der Waals surface area contributed by atoms with Crippen LogP contribution in [0.2, 0.25) is 0 Å².